The molecule has 192 valence electrons. The summed E-state index contributed by atoms with van der Waals surface area (Å²) in [6, 6.07) is 14.5. The Morgan fingerprint density at radius 3 is 2.43 bits per heavy atom. The Kier molecular flexibility index (Phi) is 5.95. The zero-order valence-electron chi connectivity index (χ0n) is 20.7. The molecular weight excluding hydrogens is 497 g/mol. The number of aliphatic hydroxyl groups is 1. The van der Waals surface area contributed by atoms with Crippen molar-refractivity contribution in [1.29, 1.82) is 0 Å². The fraction of sp³-hybridized carbons (Fsp3) is 0.357. The maximum absolute atomic E-state index is 14.6. The van der Waals surface area contributed by atoms with E-state index in [-0.39, 0.29) is 23.9 Å². The number of benzene rings is 2. The van der Waals surface area contributed by atoms with Gasteiger partial charge in [0.05, 0.1) is 41.2 Å². The number of fused-ring (bicyclic) bond motifs is 2. The van der Waals surface area contributed by atoms with Crippen LogP contribution in [0.5, 0.6) is 6.01 Å². The van der Waals surface area contributed by atoms with Crippen molar-refractivity contribution in [3.05, 3.63) is 64.9 Å². The molecule has 2 aromatic heterocycles. The van der Waals surface area contributed by atoms with Crippen LogP contribution in [0.25, 0.3) is 33.5 Å². The fourth-order valence-electron chi connectivity index (χ4n) is 5.06. The van der Waals surface area contributed by atoms with Gasteiger partial charge in [0.2, 0.25) is 0 Å². The van der Waals surface area contributed by atoms with Gasteiger partial charge in [-0.25, -0.2) is 9.37 Å². The number of imidazole rings is 1. The van der Waals surface area contributed by atoms with E-state index in [0.717, 1.165) is 11.1 Å². The molecule has 2 aliphatic heterocycles. The minimum atomic E-state index is -1.25. The van der Waals surface area contributed by atoms with Gasteiger partial charge in [-0.2, -0.15) is 4.98 Å². The molecule has 2 saturated heterocycles. The van der Waals surface area contributed by atoms with Gasteiger partial charge >= 0.3 is 0 Å². The summed E-state index contributed by atoms with van der Waals surface area (Å²) in [5.74, 6) is -0.107. The van der Waals surface area contributed by atoms with Crippen molar-refractivity contribution in [2.24, 2.45) is 5.92 Å². The molecule has 7 nitrogen and oxygen atoms in total. The quantitative estimate of drug-likeness (QED) is 0.359. The topological polar surface area (TPSA) is 89.5 Å². The molecule has 6 rings (SSSR count). The lowest BCUT2D eigenvalue weighted by Gasteiger charge is -2.19. The van der Waals surface area contributed by atoms with E-state index in [9.17, 15) is 9.50 Å². The number of rotatable bonds is 5. The van der Waals surface area contributed by atoms with E-state index in [2.05, 4.69) is 21.9 Å². The Bertz CT molecular complexity index is 1470. The number of ether oxygens (including phenoxy) is 3. The van der Waals surface area contributed by atoms with Gasteiger partial charge in [-0.15, -0.1) is 0 Å². The lowest BCUT2D eigenvalue weighted by atomic mass is 9.94. The highest BCUT2D eigenvalue weighted by Gasteiger charge is 2.47. The minimum absolute atomic E-state index is 0.0486. The van der Waals surface area contributed by atoms with Crippen molar-refractivity contribution in [3.63, 3.8) is 0 Å². The van der Waals surface area contributed by atoms with Crippen molar-refractivity contribution in [2.75, 3.05) is 13.2 Å². The predicted molar refractivity (Wildman–Crippen MR) is 138 cm³/mol. The summed E-state index contributed by atoms with van der Waals surface area (Å²) < 4.78 is 32.3. The van der Waals surface area contributed by atoms with E-state index in [1.807, 2.05) is 24.3 Å². The first-order valence-electron chi connectivity index (χ1n) is 12.3. The molecule has 0 saturated carbocycles. The molecule has 2 N–H and O–H groups in total. The van der Waals surface area contributed by atoms with Gasteiger partial charge in [0.15, 0.2) is 11.8 Å². The smallest absolute Gasteiger partial charge is 0.296 e. The van der Waals surface area contributed by atoms with Crippen LogP contribution >= 0.6 is 11.6 Å². The second-order valence-corrected chi connectivity index (χ2v) is 10.7. The predicted octanol–water partition coefficient (Wildman–Crippen LogP) is 5.49. The lowest BCUT2D eigenvalue weighted by Crippen LogP contribution is -2.33. The number of hydrogen-bond acceptors (Lipinski definition) is 6. The second-order valence-electron chi connectivity index (χ2n) is 10.3. The van der Waals surface area contributed by atoms with E-state index in [1.165, 1.54) is 6.07 Å². The molecule has 0 amide bonds. The van der Waals surface area contributed by atoms with Crippen LogP contribution in [-0.2, 0) is 15.1 Å². The van der Waals surface area contributed by atoms with Crippen LogP contribution in [0.15, 0.2) is 48.5 Å². The van der Waals surface area contributed by atoms with Gasteiger partial charge in [0.25, 0.3) is 6.01 Å². The van der Waals surface area contributed by atoms with Gasteiger partial charge in [-0.1, -0.05) is 54.9 Å². The number of H-pyrrole nitrogens is 1. The van der Waals surface area contributed by atoms with E-state index in [4.69, 9.17) is 25.8 Å². The van der Waals surface area contributed by atoms with Crippen molar-refractivity contribution in [1.82, 2.24) is 15.0 Å². The van der Waals surface area contributed by atoms with Gasteiger partial charge in [-0.3, -0.25) is 0 Å². The Morgan fingerprint density at radius 2 is 1.70 bits per heavy atom. The molecule has 4 atom stereocenters. The Balaban J connectivity index is 1.24. The van der Waals surface area contributed by atoms with Crippen molar-refractivity contribution < 1.29 is 23.7 Å². The van der Waals surface area contributed by atoms with E-state index in [0.29, 0.717) is 52.6 Å². The highest BCUT2D eigenvalue weighted by Crippen LogP contribution is 2.35. The number of hydrogen-bond donors (Lipinski definition) is 2. The molecule has 0 spiro atoms. The molecule has 2 aromatic carbocycles. The van der Waals surface area contributed by atoms with Gasteiger partial charge in [0, 0.05) is 17.0 Å². The number of nitrogens with zero attached hydrogens (tertiary/aromatic N) is 2. The molecule has 4 heterocycles. The third-order valence-corrected chi connectivity index (χ3v) is 7.33. The molecule has 0 aliphatic carbocycles. The summed E-state index contributed by atoms with van der Waals surface area (Å²) in [6.45, 7) is 6.35. The summed E-state index contributed by atoms with van der Waals surface area (Å²) in [4.78, 5) is 12.3. The first kappa shape index (κ1) is 24.3. The number of halogens is 2. The molecule has 9 heteroatoms. The standard InChI is InChI=1S/C28H27ClFN3O4/c1-14-12-35-25-22(13-36-24(14)25)37-27-31-21-11-19(29)23(32-26(21)33-27)16-6-4-15(5-7-16)17-8-9-18(20(30)10-17)28(2,3)34/h4-11,14,22,24-25,34H,12-13H2,1-3H3,(H,31,32,33)/t14-,22-,24-,25-/m1/s1. The normalized spacial score (nSPS) is 23.5. The number of nitrogens with one attached hydrogen (secondary N) is 1. The van der Waals surface area contributed by atoms with E-state index in [1.54, 1.807) is 32.0 Å². The Labute approximate surface area is 218 Å². The Hall–Kier alpha value is -3.04. The summed E-state index contributed by atoms with van der Waals surface area (Å²) in [5.41, 5.74) is 3.08. The number of aromatic nitrogens is 3. The number of pyridine rings is 1. The monoisotopic (exact) mass is 523 g/mol. The molecule has 0 unspecified atom stereocenters. The van der Waals surface area contributed by atoms with E-state index < -0.39 is 11.4 Å². The van der Waals surface area contributed by atoms with Gasteiger partial charge in [0.1, 0.15) is 11.9 Å². The van der Waals surface area contributed by atoms with Crippen molar-refractivity contribution in [3.8, 4) is 28.4 Å². The van der Waals surface area contributed by atoms with Crippen LogP contribution in [0.4, 0.5) is 4.39 Å². The average Bonchev–Trinajstić information content (AvgIpc) is 3.54. The molecule has 2 fully saturated rings. The van der Waals surface area contributed by atoms with E-state index >= 15 is 0 Å². The van der Waals surface area contributed by atoms with Crippen LogP contribution < -0.4 is 4.74 Å². The molecule has 0 radical (unpaired) electrons. The summed E-state index contributed by atoms with van der Waals surface area (Å²) >= 11 is 6.58. The SMILES string of the molecule is C[C@@H]1CO[C@H]2[C@@H]1OC[C@H]2Oc1nc2nc(-c3ccc(-c4ccc(C(C)(C)O)c(F)c4)cc3)c(Cl)cc2[nH]1. The average molecular weight is 524 g/mol. The lowest BCUT2D eigenvalue weighted by molar-refractivity contribution is 0.0262. The molecule has 37 heavy (non-hydrogen) atoms. The van der Waals surface area contributed by atoms with Crippen LogP contribution in [-0.4, -0.2) is 51.6 Å². The first-order chi connectivity index (χ1) is 17.7. The van der Waals surface area contributed by atoms with Crippen LogP contribution in [0.3, 0.4) is 0 Å². The fourth-order valence-corrected chi connectivity index (χ4v) is 5.33. The largest absolute Gasteiger partial charge is 0.456 e. The zero-order valence-corrected chi connectivity index (χ0v) is 21.4. The third kappa shape index (κ3) is 4.48. The second kappa shape index (κ2) is 9.06. The van der Waals surface area contributed by atoms with Crippen LogP contribution in [0, 0.1) is 11.7 Å². The van der Waals surface area contributed by atoms with Crippen LogP contribution in [0.2, 0.25) is 5.02 Å². The number of aromatic amines is 1. The molecule has 2 aliphatic rings. The highest BCUT2D eigenvalue weighted by atomic mass is 35.5. The summed E-state index contributed by atoms with van der Waals surface area (Å²) in [6.07, 6.45) is -0.290. The maximum Gasteiger partial charge on any atom is 0.296 e. The third-order valence-electron chi connectivity index (χ3n) is 7.04. The van der Waals surface area contributed by atoms with Crippen molar-refractivity contribution >= 4 is 22.8 Å². The van der Waals surface area contributed by atoms with Crippen LogP contribution in [0.1, 0.15) is 26.3 Å². The summed E-state index contributed by atoms with van der Waals surface area (Å²) in [7, 11) is 0. The van der Waals surface area contributed by atoms with Gasteiger partial charge in [-0.05, 0) is 37.1 Å². The first-order valence-corrected chi connectivity index (χ1v) is 12.6. The molecule has 0 bridgehead atoms. The highest BCUT2D eigenvalue weighted by molar-refractivity contribution is 6.33. The summed E-state index contributed by atoms with van der Waals surface area (Å²) in [5, 5.41) is 10.6. The molecular formula is C28H27ClFN3O4. The molecule has 4 aromatic rings. The minimum Gasteiger partial charge on any atom is -0.456 e. The van der Waals surface area contributed by atoms with Gasteiger partial charge < -0.3 is 24.3 Å². The Morgan fingerprint density at radius 1 is 1.00 bits per heavy atom. The maximum atomic E-state index is 14.6. The van der Waals surface area contributed by atoms with Crippen molar-refractivity contribution in [2.45, 2.75) is 44.7 Å². The zero-order chi connectivity index (χ0) is 25.9.